The van der Waals surface area contributed by atoms with Gasteiger partial charge in [0.1, 0.15) is 11.6 Å². The van der Waals surface area contributed by atoms with Crippen molar-refractivity contribution in [3.05, 3.63) is 81.9 Å². The number of hydrogen-bond acceptors (Lipinski definition) is 14. The minimum Gasteiger partial charge on any atom is -0.410 e. The summed E-state index contributed by atoms with van der Waals surface area (Å²) >= 11 is 0. The molecule has 364 valence electrons. The van der Waals surface area contributed by atoms with Crippen molar-refractivity contribution in [2.75, 3.05) is 144 Å². The monoisotopic (exact) mass is 927 g/mol. The Kier molecular flexibility index (Phi) is 24.5. The highest BCUT2D eigenvalue weighted by atomic mass is 19.1. The molecule has 0 saturated heterocycles. The zero-order valence-electron chi connectivity index (χ0n) is 38.8. The van der Waals surface area contributed by atoms with E-state index in [0.29, 0.717) is 134 Å². The van der Waals surface area contributed by atoms with E-state index in [-0.39, 0.29) is 47.5 Å². The summed E-state index contributed by atoms with van der Waals surface area (Å²) in [6.07, 6.45) is 0.489. The summed E-state index contributed by atoms with van der Waals surface area (Å²) in [5.41, 5.74) is 2.78. The molecule has 1 aromatic heterocycles. The van der Waals surface area contributed by atoms with Crippen LogP contribution in [0.2, 0.25) is 0 Å². The molecule has 66 heavy (non-hydrogen) atoms. The highest BCUT2D eigenvalue weighted by Gasteiger charge is 2.39. The molecule has 1 aliphatic rings. The number of anilines is 1. The molecule has 4 rings (SSSR count). The van der Waals surface area contributed by atoms with Crippen molar-refractivity contribution in [1.82, 2.24) is 20.5 Å². The number of amides is 4. The van der Waals surface area contributed by atoms with Gasteiger partial charge in [-0.1, -0.05) is 13.8 Å². The number of ether oxygens (including phenoxy) is 9. The number of hydrogen-bond donors (Lipinski definition) is 3. The lowest BCUT2D eigenvalue weighted by molar-refractivity contribution is -0.112. The van der Waals surface area contributed by atoms with Gasteiger partial charge in [-0.3, -0.25) is 14.4 Å². The van der Waals surface area contributed by atoms with Gasteiger partial charge in [-0.15, -0.1) is 0 Å². The number of imide groups is 1. The Bertz CT molecular complexity index is 1990. The third-order valence-electron chi connectivity index (χ3n) is 10.2. The quantitative estimate of drug-likeness (QED) is 0.0574. The van der Waals surface area contributed by atoms with E-state index >= 15 is 0 Å². The molecule has 1 aliphatic heterocycles. The number of halogens is 1. The maximum absolute atomic E-state index is 14.5. The van der Waals surface area contributed by atoms with Gasteiger partial charge in [-0.2, -0.15) is 0 Å². The van der Waals surface area contributed by atoms with Crippen LogP contribution in [0.1, 0.15) is 57.1 Å². The summed E-state index contributed by atoms with van der Waals surface area (Å²) in [7, 11) is 1.63. The fourth-order valence-electron chi connectivity index (χ4n) is 6.67. The van der Waals surface area contributed by atoms with Crippen LogP contribution in [0.3, 0.4) is 0 Å². The molecule has 0 bridgehead atoms. The molecule has 0 fully saturated rings. The van der Waals surface area contributed by atoms with Crippen LogP contribution >= 0.6 is 0 Å². The average Bonchev–Trinajstić information content (AvgIpc) is 3.75. The molecule has 3 N–H and O–H groups in total. The minimum absolute atomic E-state index is 0.0411. The van der Waals surface area contributed by atoms with Crippen LogP contribution in [-0.4, -0.2) is 173 Å². The number of H-pyrrole nitrogens is 1. The van der Waals surface area contributed by atoms with Crippen molar-refractivity contribution in [1.29, 1.82) is 0 Å². The summed E-state index contributed by atoms with van der Waals surface area (Å²) in [6.45, 7) is 17.6. The Morgan fingerprint density at radius 2 is 1.21 bits per heavy atom. The zero-order valence-corrected chi connectivity index (χ0v) is 38.8. The summed E-state index contributed by atoms with van der Waals surface area (Å²) in [4.78, 5) is 59.4. The number of aromatic amines is 1. The molecule has 0 saturated carbocycles. The normalized spacial score (nSPS) is 12.9. The topological polar surface area (TPSA) is 198 Å². The second kappa shape index (κ2) is 30.2. The molecule has 0 radical (unpaired) electrons. The van der Waals surface area contributed by atoms with E-state index in [1.165, 1.54) is 42.5 Å². The van der Waals surface area contributed by atoms with E-state index in [9.17, 15) is 23.6 Å². The first kappa shape index (κ1) is 53.5. The number of nitrogens with one attached hydrogen (secondary N) is 3. The summed E-state index contributed by atoms with van der Waals surface area (Å²) in [6, 6.07) is 9.46. The third-order valence-corrected chi connectivity index (χ3v) is 10.2. The van der Waals surface area contributed by atoms with Crippen LogP contribution in [0, 0.1) is 19.7 Å². The Hall–Kier alpha value is -5.09. The van der Waals surface area contributed by atoms with Gasteiger partial charge in [0.15, 0.2) is 0 Å². The predicted molar refractivity (Wildman–Crippen MR) is 245 cm³/mol. The van der Waals surface area contributed by atoms with E-state index in [0.717, 1.165) is 24.1 Å². The summed E-state index contributed by atoms with van der Waals surface area (Å²) < 4.78 is 63.2. The van der Waals surface area contributed by atoms with E-state index in [2.05, 4.69) is 34.4 Å². The van der Waals surface area contributed by atoms with Gasteiger partial charge in [-0.05, 0) is 81.0 Å². The SMILES string of the molecule is CCN(CC)CCNC(=O)c1c(C)[nH]c(/C=C2\C(=O)N(C(=O)Oc3ccc(C(=O)NCCOCCOCCOCCOCCOCCOCCOCCOC)cc3)c3ccc(F)cc32)c1C. The lowest BCUT2D eigenvalue weighted by Crippen LogP contribution is -2.35. The number of likely N-dealkylation sites (N-methyl/N-ethyl adjacent to an activating group) is 1. The average molecular weight is 928 g/mol. The van der Waals surface area contributed by atoms with Crippen molar-refractivity contribution >= 4 is 41.2 Å². The molecule has 4 amide bonds. The van der Waals surface area contributed by atoms with Gasteiger partial charge in [0.2, 0.25) is 0 Å². The van der Waals surface area contributed by atoms with E-state index in [1.807, 2.05) is 0 Å². The van der Waals surface area contributed by atoms with Gasteiger partial charge in [0, 0.05) is 49.3 Å². The van der Waals surface area contributed by atoms with Crippen molar-refractivity contribution < 1.29 is 66.2 Å². The largest absolute Gasteiger partial charge is 0.426 e. The van der Waals surface area contributed by atoms with Crippen molar-refractivity contribution in [3.63, 3.8) is 0 Å². The molecular weight excluding hydrogens is 862 g/mol. The number of carbonyl (C=O) groups excluding carboxylic acids is 4. The van der Waals surface area contributed by atoms with Crippen molar-refractivity contribution in [2.45, 2.75) is 27.7 Å². The first-order valence-electron chi connectivity index (χ1n) is 22.3. The number of fused-ring (bicyclic) bond motifs is 1. The van der Waals surface area contributed by atoms with Crippen LogP contribution in [0.15, 0.2) is 42.5 Å². The van der Waals surface area contributed by atoms with Crippen LogP contribution in [0.5, 0.6) is 5.75 Å². The van der Waals surface area contributed by atoms with Gasteiger partial charge >= 0.3 is 6.09 Å². The molecule has 2 aromatic carbocycles. The lowest BCUT2D eigenvalue weighted by Gasteiger charge is -2.18. The standard InChI is InChI=1S/C47H66FN5O13/c1-6-52(7-2)16-14-49-45(55)43-34(3)41(51-35(43)4)33-40-39-32-37(48)10-13-42(39)53(46(40)56)47(57)66-38-11-8-36(9-12-38)44(54)50-15-17-59-20-21-61-24-25-63-28-29-65-31-30-64-27-26-62-23-22-60-19-18-58-5/h8-13,32-33,51H,6-7,14-31H2,1-5H3,(H,49,55)(H,50,54)/b40-33-. The second-order valence-electron chi connectivity index (χ2n) is 14.7. The van der Waals surface area contributed by atoms with Gasteiger partial charge in [0.25, 0.3) is 17.7 Å². The molecule has 0 aliphatic carbocycles. The smallest absolute Gasteiger partial charge is 0.410 e. The van der Waals surface area contributed by atoms with Gasteiger partial charge < -0.3 is 63.1 Å². The highest BCUT2D eigenvalue weighted by molar-refractivity contribution is 6.41. The zero-order chi connectivity index (χ0) is 47.5. The Morgan fingerprint density at radius 3 is 1.74 bits per heavy atom. The molecular formula is C47H66FN5O13. The number of methoxy groups -OCH3 is 1. The maximum atomic E-state index is 14.5. The first-order valence-corrected chi connectivity index (χ1v) is 22.3. The molecule has 18 nitrogen and oxygen atoms in total. The minimum atomic E-state index is -1.02. The van der Waals surface area contributed by atoms with Crippen LogP contribution in [0.4, 0.5) is 14.9 Å². The van der Waals surface area contributed by atoms with E-state index in [4.69, 9.17) is 42.6 Å². The number of aryl methyl sites for hydroxylation is 1. The Morgan fingerprint density at radius 1 is 0.697 bits per heavy atom. The second-order valence-corrected chi connectivity index (χ2v) is 14.7. The van der Waals surface area contributed by atoms with Crippen molar-refractivity contribution in [2.24, 2.45) is 0 Å². The third kappa shape index (κ3) is 17.6. The molecule has 0 spiro atoms. The molecule has 19 heteroatoms. The maximum Gasteiger partial charge on any atom is 0.426 e. The van der Waals surface area contributed by atoms with E-state index in [1.54, 1.807) is 21.0 Å². The Labute approximate surface area is 386 Å². The molecule has 0 unspecified atom stereocenters. The van der Waals surface area contributed by atoms with Crippen LogP contribution in [-0.2, 0) is 42.7 Å². The van der Waals surface area contributed by atoms with Crippen LogP contribution < -0.4 is 20.3 Å². The number of benzene rings is 2. The fourth-order valence-corrected chi connectivity index (χ4v) is 6.67. The highest BCUT2D eigenvalue weighted by Crippen LogP contribution is 2.39. The van der Waals surface area contributed by atoms with E-state index < -0.39 is 17.8 Å². The van der Waals surface area contributed by atoms with Crippen molar-refractivity contribution in [3.8, 4) is 5.75 Å². The Balaban J connectivity index is 1.10. The summed E-state index contributed by atoms with van der Waals surface area (Å²) in [5.74, 6) is -1.88. The van der Waals surface area contributed by atoms with Crippen LogP contribution in [0.25, 0.3) is 11.6 Å². The number of carbonyl (C=O) groups is 4. The first-order chi connectivity index (χ1) is 32.1. The summed E-state index contributed by atoms with van der Waals surface area (Å²) in [5, 5.41) is 5.72. The number of nitrogens with zero attached hydrogens (tertiary/aromatic N) is 2. The van der Waals surface area contributed by atoms with Gasteiger partial charge in [0.05, 0.1) is 116 Å². The molecule has 0 atom stereocenters. The lowest BCUT2D eigenvalue weighted by atomic mass is 10.0. The fraction of sp³-hybridized carbons (Fsp3) is 0.532. The predicted octanol–water partition coefficient (Wildman–Crippen LogP) is 4.42. The molecule has 2 heterocycles. The number of aromatic nitrogens is 1. The van der Waals surface area contributed by atoms with Gasteiger partial charge in [-0.25, -0.2) is 14.1 Å². The molecule has 3 aromatic rings. The number of rotatable bonds is 33.